The Morgan fingerprint density at radius 2 is 1.93 bits per heavy atom. The number of hydrogen-bond donors (Lipinski definition) is 1. The Hall–Kier alpha value is -1.34. The number of allylic oxidation sites excluding steroid dienone is 1. The van der Waals surface area contributed by atoms with Gasteiger partial charge in [-0.2, -0.15) is 0 Å². The molecule has 0 amide bonds. The van der Waals surface area contributed by atoms with Gasteiger partial charge >= 0.3 is 0 Å². The van der Waals surface area contributed by atoms with Gasteiger partial charge in [-0.05, 0) is 31.5 Å². The molecule has 0 heterocycles. The Bertz CT molecular complexity index is 300. The third kappa shape index (κ3) is 5.18. The summed E-state index contributed by atoms with van der Waals surface area (Å²) in [6, 6.07) is 10.5. The second kappa shape index (κ2) is 7.02. The molecular formula is C14H19N. The van der Waals surface area contributed by atoms with Gasteiger partial charge in [-0.15, -0.1) is 0 Å². The van der Waals surface area contributed by atoms with Crippen molar-refractivity contribution in [1.82, 2.24) is 5.32 Å². The van der Waals surface area contributed by atoms with Crippen LogP contribution in [0.1, 0.15) is 12.0 Å². The molecule has 1 nitrogen and oxygen atoms in total. The highest BCUT2D eigenvalue weighted by Gasteiger charge is 1.92. The minimum absolute atomic E-state index is 0.984. The lowest BCUT2D eigenvalue weighted by Gasteiger charge is -2.04. The molecular weight excluding hydrogens is 182 g/mol. The molecule has 1 aromatic carbocycles. The van der Waals surface area contributed by atoms with Gasteiger partial charge < -0.3 is 5.32 Å². The second-order valence-corrected chi connectivity index (χ2v) is 3.60. The number of hydrogen-bond acceptors (Lipinski definition) is 1. The summed E-state index contributed by atoms with van der Waals surface area (Å²) in [5, 5.41) is 3.39. The summed E-state index contributed by atoms with van der Waals surface area (Å²) in [5.41, 5.74) is 2.48. The first-order valence-electron chi connectivity index (χ1n) is 5.38. The highest BCUT2D eigenvalue weighted by atomic mass is 14.8. The quantitative estimate of drug-likeness (QED) is 0.528. The van der Waals surface area contributed by atoms with Crippen molar-refractivity contribution in [3.8, 4) is 0 Å². The highest BCUT2D eigenvalue weighted by molar-refractivity contribution is 5.15. The Morgan fingerprint density at radius 3 is 2.60 bits per heavy atom. The third-order valence-electron chi connectivity index (χ3n) is 2.34. The maximum absolute atomic E-state index is 3.87. The maximum Gasteiger partial charge on any atom is -0.000822 e. The van der Waals surface area contributed by atoms with E-state index >= 15 is 0 Å². The summed E-state index contributed by atoms with van der Waals surface area (Å²) in [6.45, 7) is 9.56. The fourth-order valence-corrected chi connectivity index (χ4v) is 1.35. The first-order valence-corrected chi connectivity index (χ1v) is 5.38. The van der Waals surface area contributed by atoms with E-state index in [9.17, 15) is 0 Å². The van der Waals surface area contributed by atoms with Crippen LogP contribution >= 0.6 is 0 Å². The maximum atomic E-state index is 3.87. The van der Waals surface area contributed by atoms with Crippen LogP contribution < -0.4 is 5.32 Å². The Kier molecular flexibility index (Phi) is 5.49. The normalized spacial score (nSPS) is 9.87. The minimum Gasteiger partial charge on any atom is -0.316 e. The van der Waals surface area contributed by atoms with Crippen molar-refractivity contribution in [3.05, 3.63) is 60.7 Å². The molecule has 0 bridgehead atoms. The van der Waals surface area contributed by atoms with Gasteiger partial charge in [0.1, 0.15) is 0 Å². The predicted molar refractivity (Wildman–Crippen MR) is 67.0 cm³/mol. The first kappa shape index (κ1) is 11.7. The number of nitrogens with one attached hydrogen (secondary N) is 1. The van der Waals surface area contributed by atoms with Gasteiger partial charge in [0, 0.05) is 0 Å². The zero-order chi connectivity index (χ0) is 10.9. The molecule has 1 heteroatoms. The summed E-state index contributed by atoms with van der Waals surface area (Å²) in [5.74, 6) is 0. The van der Waals surface area contributed by atoms with Gasteiger partial charge in [0.15, 0.2) is 0 Å². The van der Waals surface area contributed by atoms with E-state index in [-0.39, 0.29) is 0 Å². The van der Waals surface area contributed by atoms with Gasteiger partial charge in [-0.3, -0.25) is 0 Å². The topological polar surface area (TPSA) is 12.0 Å². The monoisotopic (exact) mass is 201 g/mol. The van der Waals surface area contributed by atoms with E-state index in [1.54, 1.807) is 0 Å². The fraction of sp³-hybridized carbons (Fsp3) is 0.286. The van der Waals surface area contributed by atoms with E-state index in [1.165, 1.54) is 5.56 Å². The molecule has 1 N–H and O–H groups in total. The van der Waals surface area contributed by atoms with Crippen LogP contribution in [-0.4, -0.2) is 13.1 Å². The molecule has 0 fully saturated rings. The zero-order valence-electron chi connectivity index (χ0n) is 9.21. The minimum atomic E-state index is 0.984. The lowest BCUT2D eigenvalue weighted by molar-refractivity contribution is 0.683. The SMILES string of the molecule is C=CC(=C)CCNCCc1ccccc1. The standard InChI is InChI=1S/C14H19N/c1-3-13(2)9-11-15-12-10-14-7-5-4-6-8-14/h3-8,15H,1-2,9-12H2. The fourth-order valence-electron chi connectivity index (χ4n) is 1.35. The Balaban J connectivity index is 2.07. The van der Waals surface area contributed by atoms with Gasteiger partial charge in [0.25, 0.3) is 0 Å². The lowest BCUT2D eigenvalue weighted by Crippen LogP contribution is -2.18. The molecule has 0 atom stereocenters. The zero-order valence-corrected chi connectivity index (χ0v) is 9.21. The summed E-state index contributed by atoms with van der Waals surface area (Å²) in [6.07, 6.45) is 3.89. The van der Waals surface area contributed by atoms with Crippen molar-refractivity contribution in [2.75, 3.05) is 13.1 Å². The molecule has 0 radical (unpaired) electrons. The molecule has 0 saturated carbocycles. The summed E-state index contributed by atoms with van der Waals surface area (Å²) < 4.78 is 0. The molecule has 0 unspecified atom stereocenters. The van der Waals surface area contributed by atoms with Crippen LogP contribution in [0.25, 0.3) is 0 Å². The molecule has 1 rings (SSSR count). The molecule has 0 aromatic heterocycles. The second-order valence-electron chi connectivity index (χ2n) is 3.60. The Labute approximate surface area is 92.5 Å². The van der Waals surface area contributed by atoms with E-state index < -0.39 is 0 Å². The largest absolute Gasteiger partial charge is 0.316 e. The van der Waals surface area contributed by atoms with Crippen molar-refractivity contribution < 1.29 is 0 Å². The van der Waals surface area contributed by atoms with Crippen molar-refractivity contribution in [3.63, 3.8) is 0 Å². The molecule has 1 aromatic rings. The van der Waals surface area contributed by atoms with Crippen LogP contribution in [0.4, 0.5) is 0 Å². The van der Waals surface area contributed by atoms with Gasteiger partial charge in [0.05, 0.1) is 0 Å². The molecule has 0 saturated heterocycles. The smallest absolute Gasteiger partial charge is 0.000822 e. The van der Waals surface area contributed by atoms with Gasteiger partial charge in [-0.25, -0.2) is 0 Å². The molecule has 0 spiro atoms. The van der Waals surface area contributed by atoms with E-state index in [4.69, 9.17) is 0 Å². The van der Waals surface area contributed by atoms with Crippen molar-refractivity contribution in [2.24, 2.45) is 0 Å². The number of benzene rings is 1. The van der Waals surface area contributed by atoms with E-state index in [0.717, 1.165) is 31.5 Å². The van der Waals surface area contributed by atoms with E-state index in [0.29, 0.717) is 0 Å². The van der Waals surface area contributed by atoms with Crippen LogP contribution in [0.3, 0.4) is 0 Å². The molecule has 0 aliphatic heterocycles. The van der Waals surface area contributed by atoms with Crippen molar-refractivity contribution in [2.45, 2.75) is 12.8 Å². The summed E-state index contributed by atoms with van der Waals surface area (Å²) >= 11 is 0. The van der Waals surface area contributed by atoms with Crippen LogP contribution in [0.2, 0.25) is 0 Å². The summed E-state index contributed by atoms with van der Waals surface area (Å²) in [7, 11) is 0. The molecule has 0 aliphatic carbocycles. The van der Waals surface area contributed by atoms with Crippen LogP contribution in [0.5, 0.6) is 0 Å². The average molecular weight is 201 g/mol. The van der Waals surface area contributed by atoms with E-state index in [1.807, 2.05) is 12.1 Å². The van der Waals surface area contributed by atoms with Gasteiger partial charge in [-0.1, -0.05) is 55.1 Å². The predicted octanol–water partition coefficient (Wildman–Crippen LogP) is 2.95. The van der Waals surface area contributed by atoms with Crippen molar-refractivity contribution >= 4 is 0 Å². The average Bonchev–Trinajstić information content (AvgIpc) is 2.29. The summed E-state index contributed by atoms with van der Waals surface area (Å²) in [4.78, 5) is 0. The first-order chi connectivity index (χ1) is 7.33. The van der Waals surface area contributed by atoms with Crippen molar-refractivity contribution in [1.29, 1.82) is 0 Å². The number of rotatable bonds is 7. The van der Waals surface area contributed by atoms with Crippen LogP contribution in [-0.2, 0) is 6.42 Å². The molecule has 80 valence electrons. The van der Waals surface area contributed by atoms with Crippen LogP contribution in [0, 0.1) is 0 Å². The lowest BCUT2D eigenvalue weighted by atomic mass is 10.1. The highest BCUT2D eigenvalue weighted by Crippen LogP contribution is 1.99. The molecule has 0 aliphatic rings. The third-order valence-corrected chi connectivity index (χ3v) is 2.34. The van der Waals surface area contributed by atoms with Crippen LogP contribution in [0.15, 0.2) is 55.1 Å². The van der Waals surface area contributed by atoms with E-state index in [2.05, 4.69) is 42.7 Å². The van der Waals surface area contributed by atoms with Gasteiger partial charge in [0.2, 0.25) is 0 Å². The Morgan fingerprint density at radius 1 is 1.20 bits per heavy atom. The molecule has 15 heavy (non-hydrogen) atoms.